The molecule has 0 N–H and O–H groups in total. The zero-order chi connectivity index (χ0) is 46.4. The molecule has 328 valence electrons. The van der Waals surface area contributed by atoms with Gasteiger partial charge < -0.3 is 9.47 Å². The predicted octanol–water partition coefficient (Wildman–Crippen LogP) is 18.9. The number of benzene rings is 12. The van der Waals surface area contributed by atoms with E-state index in [-0.39, 0.29) is 0 Å². The Bertz CT molecular complexity index is 4020. The van der Waals surface area contributed by atoms with Crippen LogP contribution in [0.1, 0.15) is 0 Å². The number of hydrogen-bond acceptors (Lipinski definition) is 1. The van der Waals surface area contributed by atoms with Gasteiger partial charge in [0.1, 0.15) is 0 Å². The minimum absolute atomic E-state index is 1.06. The molecule has 0 atom stereocenters. The zero-order valence-corrected chi connectivity index (χ0v) is 38.5. The molecular formula is C68H46N2. The predicted molar refractivity (Wildman–Crippen MR) is 298 cm³/mol. The van der Waals surface area contributed by atoms with Gasteiger partial charge in [-0.05, 0) is 132 Å². The van der Waals surface area contributed by atoms with E-state index in [0.29, 0.717) is 0 Å². The van der Waals surface area contributed by atoms with Gasteiger partial charge in [0.15, 0.2) is 0 Å². The van der Waals surface area contributed by atoms with Crippen LogP contribution in [0.15, 0.2) is 279 Å². The lowest BCUT2D eigenvalue weighted by Gasteiger charge is -2.30. The first-order chi connectivity index (χ1) is 34.8. The van der Waals surface area contributed by atoms with Crippen molar-refractivity contribution < 1.29 is 0 Å². The van der Waals surface area contributed by atoms with Gasteiger partial charge in [0.05, 0.1) is 16.7 Å². The summed E-state index contributed by atoms with van der Waals surface area (Å²) >= 11 is 0. The van der Waals surface area contributed by atoms with E-state index in [9.17, 15) is 0 Å². The first-order valence-corrected chi connectivity index (χ1v) is 24.1. The van der Waals surface area contributed by atoms with Crippen molar-refractivity contribution in [3.8, 4) is 61.3 Å². The van der Waals surface area contributed by atoms with Gasteiger partial charge in [-0.1, -0.05) is 218 Å². The maximum Gasteiger partial charge on any atom is 0.0547 e. The van der Waals surface area contributed by atoms with Crippen molar-refractivity contribution >= 4 is 60.4 Å². The number of nitrogens with zero attached hydrogens (tertiary/aromatic N) is 2. The maximum absolute atomic E-state index is 2.46. The summed E-state index contributed by atoms with van der Waals surface area (Å²) in [5.41, 5.74) is 18.6. The molecule has 0 saturated carbocycles. The van der Waals surface area contributed by atoms with Gasteiger partial charge in [-0.15, -0.1) is 0 Å². The van der Waals surface area contributed by atoms with Crippen molar-refractivity contribution in [3.63, 3.8) is 0 Å². The largest absolute Gasteiger partial charge is 0.310 e. The second-order valence-electron chi connectivity index (χ2n) is 18.0. The standard InChI is InChI=1S/C68H46N2/c1-4-20-47(21-5-1)55-27-12-15-31-61(55)67-57(48-22-6-2-7-23-48)33-18-36-65(67)69(54-44-40-50(41-45-54)63-46-51-24-10-11-28-56(51)59-29-13-14-30-60(59)63)53-42-38-49(39-43-53)58-34-19-37-66-68(58)62-32-16-17-35-64(62)70(66)52-25-8-3-9-26-52/h1-46H. The molecule has 13 rings (SSSR count). The molecule has 0 saturated heterocycles. The zero-order valence-electron chi connectivity index (χ0n) is 38.5. The summed E-state index contributed by atoms with van der Waals surface area (Å²) in [6.45, 7) is 0. The molecule has 0 aliphatic heterocycles. The van der Waals surface area contributed by atoms with Gasteiger partial charge in [-0.25, -0.2) is 0 Å². The Morgan fingerprint density at radius 2 is 0.743 bits per heavy atom. The van der Waals surface area contributed by atoms with Gasteiger partial charge in [-0.3, -0.25) is 0 Å². The molecule has 0 bridgehead atoms. The fraction of sp³-hybridized carbons (Fsp3) is 0. The number of anilines is 3. The topological polar surface area (TPSA) is 8.17 Å². The molecule has 0 radical (unpaired) electrons. The van der Waals surface area contributed by atoms with Crippen LogP contribution in [0, 0.1) is 0 Å². The molecule has 70 heavy (non-hydrogen) atoms. The molecule has 0 spiro atoms. The minimum atomic E-state index is 1.06. The van der Waals surface area contributed by atoms with E-state index in [1.165, 1.54) is 93.4 Å². The summed E-state index contributed by atoms with van der Waals surface area (Å²) < 4.78 is 2.39. The Hall–Kier alpha value is -9.24. The van der Waals surface area contributed by atoms with Crippen LogP contribution in [-0.4, -0.2) is 4.57 Å². The van der Waals surface area contributed by atoms with Crippen LogP contribution in [0.5, 0.6) is 0 Å². The summed E-state index contributed by atoms with van der Waals surface area (Å²) in [6, 6.07) is 102. The SMILES string of the molecule is c1ccc(-c2ccccc2-c2c(-c3ccccc3)cccc2N(c2ccc(-c3cc4ccccc4c4ccccc34)cc2)c2ccc(-c3cccc4c3c3ccccc3n4-c3ccccc3)cc2)cc1. The summed E-state index contributed by atoms with van der Waals surface area (Å²) in [4.78, 5) is 2.46. The monoisotopic (exact) mass is 890 g/mol. The van der Waals surface area contributed by atoms with Gasteiger partial charge in [0.2, 0.25) is 0 Å². The average Bonchev–Trinajstić information content (AvgIpc) is 3.79. The van der Waals surface area contributed by atoms with Crippen LogP contribution in [-0.2, 0) is 0 Å². The van der Waals surface area contributed by atoms with E-state index in [1.54, 1.807) is 0 Å². The molecule has 0 amide bonds. The number of rotatable bonds is 9. The molecule has 0 unspecified atom stereocenters. The summed E-state index contributed by atoms with van der Waals surface area (Å²) in [5, 5.41) is 7.51. The quantitative estimate of drug-likeness (QED) is 0.131. The Balaban J connectivity index is 1.02. The molecule has 0 aliphatic carbocycles. The van der Waals surface area contributed by atoms with E-state index < -0.39 is 0 Å². The van der Waals surface area contributed by atoms with Crippen LogP contribution < -0.4 is 4.90 Å². The first-order valence-electron chi connectivity index (χ1n) is 24.1. The van der Waals surface area contributed by atoms with Crippen molar-refractivity contribution in [3.05, 3.63) is 279 Å². The highest BCUT2D eigenvalue weighted by atomic mass is 15.1. The second kappa shape index (κ2) is 17.4. The highest BCUT2D eigenvalue weighted by molar-refractivity contribution is 6.16. The maximum atomic E-state index is 2.46. The Kier molecular flexibility index (Phi) is 10.2. The fourth-order valence-electron chi connectivity index (χ4n) is 10.9. The number of para-hydroxylation sites is 2. The van der Waals surface area contributed by atoms with E-state index in [2.05, 4.69) is 289 Å². The van der Waals surface area contributed by atoms with Crippen LogP contribution in [0.3, 0.4) is 0 Å². The number of aromatic nitrogens is 1. The summed E-state index contributed by atoms with van der Waals surface area (Å²) in [5.74, 6) is 0. The minimum Gasteiger partial charge on any atom is -0.310 e. The molecule has 0 aliphatic rings. The molecule has 13 aromatic rings. The molecule has 1 heterocycles. The van der Waals surface area contributed by atoms with Crippen molar-refractivity contribution in [1.82, 2.24) is 4.57 Å². The van der Waals surface area contributed by atoms with Crippen molar-refractivity contribution in [2.45, 2.75) is 0 Å². The second-order valence-corrected chi connectivity index (χ2v) is 18.0. The molecule has 2 nitrogen and oxygen atoms in total. The number of hydrogen-bond donors (Lipinski definition) is 0. The van der Waals surface area contributed by atoms with E-state index in [0.717, 1.165) is 28.3 Å². The lowest BCUT2D eigenvalue weighted by Crippen LogP contribution is -2.12. The van der Waals surface area contributed by atoms with Gasteiger partial charge in [0, 0.05) is 33.4 Å². The van der Waals surface area contributed by atoms with Gasteiger partial charge in [-0.2, -0.15) is 0 Å². The Labute approximate surface area is 408 Å². The van der Waals surface area contributed by atoms with Gasteiger partial charge in [0.25, 0.3) is 0 Å². The van der Waals surface area contributed by atoms with Crippen LogP contribution in [0.4, 0.5) is 17.1 Å². The van der Waals surface area contributed by atoms with E-state index in [4.69, 9.17) is 0 Å². The summed E-state index contributed by atoms with van der Waals surface area (Å²) in [6.07, 6.45) is 0. The van der Waals surface area contributed by atoms with Gasteiger partial charge >= 0.3 is 0 Å². The molecular weight excluding hydrogens is 845 g/mol. The van der Waals surface area contributed by atoms with E-state index >= 15 is 0 Å². The van der Waals surface area contributed by atoms with Crippen molar-refractivity contribution in [2.75, 3.05) is 4.90 Å². The fourth-order valence-corrected chi connectivity index (χ4v) is 10.9. The Morgan fingerprint density at radius 1 is 0.271 bits per heavy atom. The average molecular weight is 891 g/mol. The normalized spacial score (nSPS) is 11.4. The third-order valence-corrected chi connectivity index (χ3v) is 14.0. The van der Waals surface area contributed by atoms with Crippen LogP contribution >= 0.6 is 0 Å². The van der Waals surface area contributed by atoms with Crippen molar-refractivity contribution in [2.24, 2.45) is 0 Å². The van der Waals surface area contributed by atoms with E-state index in [1.807, 2.05) is 0 Å². The molecule has 0 fully saturated rings. The lowest BCUT2D eigenvalue weighted by molar-refractivity contribution is 1.18. The van der Waals surface area contributed by atoms with Crippen molar-refractivity contribution in [1.29, 1.82) is 0 Å². The van der Waals surface area contributed by atoms with Crippen LogP contribution in [0.25, 0.3) is 105 Å². The molecule has 12 aromatic carbocycles. The molecule has 1 aromatic heterocycles. The Morgan fingerprint density at radius 3 is 1.44 bits per heavy atom. The number of fused-ring (bicyclic) bond motifs is 6. The van der Waals surface area contributed by atoms with Crippen LogP contribution in [0.2, 0.25) is 0 Å². The smallest absolute Gasteiger partial charge is 0.0547 e. The summed E-state index contributed by atoms with van der Waals surface area (Å²) in [7, 11) is 0. The third kappa shape index (κ3) is 7.05. The molecule has 2 heteroatoms. The lowest BCUT2D eigenvalue weighted by atomic mass is 9.87. The first kappa shape index (κ1) is 41.0. The highest BCUT2D eigenvalue weighted by Crippen LogP contribution is 2.49. The third-order valence-electron chi connectivity index (χ3n) is 14.0. The highest BCUT2D eigenvalue weighted by Gasteiger charge is 2.24.